The van der Waals surface area contributed by atoms with Crippen molar-refractivity contribution < 1.29 is 14.6 Å². The molecule has 0 amide bonds. The van der Waals surface area contributed by atoms with E-state index in [-0.39, 0.29) is 0 Å². The molecule has 0 unspecified atom stereocenters. The third-order valence-corrected chi connectivity index (χ3v) is 1.65. The standard InChI is InChI=1S/C8H10O3/c1-11-7-4-2-6(3-5-7)8(9)10/h2,4H,3,5H2,1H3,(H,9,10). The van der Waals surface area contributed by atoms with Gasteiger partial charge in [-0.3, -0.25) is 0 Å². The molecule has 0 fully saturated rings. The van der Waals surface area contributed by atoms with Crippen LogP contribution in [-0.4, -0.2) is 18.2 Å². The molecular formula is C8H10O3. The summed E-state index contributed by atoms with van der Waals surface area (Å²) in [6, 6.07) is 0. The van der Waals surface area contributed by atoms with Crippen molar-refractivity contribution in [3.8, 4) is 0 Å². The topological polar surface area (TPSA) is 46.5 Å². The number of carboxylic acid groups (broad SMARTS) is 1. The maximum absolute atomic E-state index is 10.4. The van der Waals surface area contributed by atoms with E-state index >= 15 is 0 Å². The van der Waals surface area contributed by atoms with Crippen LogP contribution in [0.2, 0.25) is 0 Å². The van der Waals surface area contributed by atoms with Gasteiger partial charge in [0.05, 0.1) is 12.9 Å². The van der Waals surface area contributed by atoms with Gasteiger partial charge in [0.2, 0.25) is 0 Å². The lowest BCUT2D eigenvalue weighted by atomic mass is 10.0. The van der Waals surface area contributed by atoms with Crippen LogP contribution in [0.15, 0.2) is 23.5 Å². The van der Waals surface area contributed by atoms with Crippen LogP contribution >= 0.6 is 0 Å². The Morgan fingerprint density at radius 3 is 2.64 bits per heavy atom. The second-order valence-electron chi connectivity index (χ2n) is 2.33. The van der Waals surface area contributed by atoms with Crippen molar-refractivity contribution in [1.29, 1.82) is 0 Å². The highest BCUT2D eigenvalue weighted by Gasteiger charge is 2.11. The van der Waals surface area contributed by atoms with E-state index in [1.54, 1.807) is 19.3 Å². The number of carbonyl (C=O) groups is 1. The first-order chi connectivity index (χ1) is 5.24. The first-order valence-corrected chi connectivity index (χ1v) is 3.41. The molecule has 11 heavy (non-hydrogen) atoms. The Labute approximate surface area is 65.0 Å². The predicted octanol–water partition coefficient (Wildman–Crippen LogP) is 1.32. The van der Waals surface area contributed by atoms with Crippen LogP contribution in [0, 0.1) is 0 Å². The molecule has 1 rings (SSSR count). The number of carboxylic acids is 1. The van der Waals surface area contributed by atoms with Gasteiger partial charge in [0.15, 0.2) is 0 Å². The van der Waals surface area contributed by atoms with Crippen LogP contribution in [0.1, 0.15) is 12.8 Å². The molecule has 0 aromatic heterocycles. The summed E-state index contributed by atoms with van der Waals surface area (Å²) in [6.45, 7) is 0. The minimum Gasteiger partial charge on any atom is -0.501 e. The first-order valence-electron chi connectivity index (χ1n) is 3.41. The molecule has 0 atom stereocenters. The highest BCUT2D eigenvalue weighted by atomic mass is 16.5. The molecule has 0 saturated heterocycles. The van der Waals surface area contributed by atoms with E-state index in [2.05, 4.69) is 0 Å². The fourth-order valence-electron chi connectivity index (χ4n) is 0.966. The zero-order chi connectivity index (χ0) is 8.27. The molecule has 1 aliphatic rings. The van der Waals surface area contributed by atoms with Crippen LogP contribution in [0.5, 0.6) is 0 Å². The second-order valence-corrected chi connectivity index (χ2v) is 2.33. The van der Waals surface area contributed by atoms with Crippen molar-refractivity contribution >= 4 is 5.97 Å². The quantitative estimate of drug-likeness (QED) is 0.652. The average molecular weight is 154 g/mol. The van der Waals surface area contributed by atoms with Gasteiger partial charge in [-0.1, -0.05) is 0 Å². The predicted molar refractivity (Wildman–Crippen MR) is 40.0 cm³/mol. The van der Waals surface area contributed by atoms with Gasteiger partial charge in [-0.05, 0) is 18.6 Å². The molecule has 1 aliphatic carbocycles. The monoisotopic (exact) mass is 154 g/mol. The zero-order valence-corrected chi connectivity index (χ0v) is 6.33. The van der Waals surface area contributed by atoms with Gasteiger partial charge in [-0.25, -0.2) is 4.79 Å². The van der Waals surface area contributed by atoms with Crippen molar-refractivity contribution in [2.75, 3.05) is 7.11 Å². The largest absolute Gasteiger partial charge is 0.501 e. The lowest BCUT2D eigenvalue weighted by Gasteiger charge is -2.09. The van der Waals surface area contributed by atoms with Gasteiger partial charge in [-0.2, -0.15) is 0 Å². The van der Waals surface area contributed by atoms with E-state index in [9.17, 15) is 4.79 Å². The molecule has 3 nitrogen and oxygen atoms in total. The zero-order valence-electron chi connectivity index (χ0n) is 6.33. The lowest BCUT2D eigenvalue weighted by molar-refractivity contribution is -0.132. The minimum absolute atomic E-state index is 0.450. The Kier molecular flexibility index (Phi) is 2.31. The van der Waals surface area contributed by atoms with Crippen LogP contribution in [0.4, 0.5) is 0 Å². The third kappa shape index (κ3) is 1.83. The number of aliphatic carboxylic acids is 1. The molecule has 0 heterocycles. The molecule has 0 spiro atoms. The van der Waals surface area contributed by atoms with Crippen molar-refractivity contribution in [2.24, 2.45) is 0 Å². The Bertz CT molecular complexity index is 225. The van der Waals surface area contributed by atoms with Crippen LogP contribution < -0.4 is 0 Å². The van der Waals surface area contributed by atoms with Gasteiger partial charge >= 0.3 is 5.97 Å². The summed E-state index contributed by atoms with van der Waals surface area (Å²) in [7, 11) is 1.59. The molecule has 1 N–H and O–H groups in total. The van der Waals surface area contributed by atoms with Crippen molar-refractivity contribution in [2.45, 2.75) is 12.8 Å². The van der Waals surface area contributed by atoms with E-state index in [1.807, 2.05) is 0 Å². The first kappa shape index (κ1) is 7.85. The molecule has 0 aliphatic heterocycles. The lowest BCUT2D eigenvalue weighted by Crippen LogP contribution is -2.04. The smallest absolute Gasteiger partial charge is 0.331 e. The summed E-state index contributed by atoms with van der Waals surface area (Å²) < 4.78 is 4.94. The second kappa shape index (κ2) is 3.23. The molecule has 0 aromatic carbocycles. The van der Waals surface area contributed by atoms with Gasteiger partial charge < -0.3 is 9.84 Å². The molecule has 0 radical (unpaired) electrons. The normalized spacial score (nSPS) is 16.8. The summed E-state index contributed by atoms with van der Waals surface area (Å²) in [5.41, 5.74) is 0.450. The minimum atomic E-state index is -0.837. The van der Waals surface area contributed by atoms with E-state index in [4.69, 9.17) is 9.84 Å². The summed E-state index contributed by atoms with van der Waals surface area (Å²) in [5, 5.41) is 8.56. The summed E-state index contributed by atoms with van der Waals surface area (Å²) in [6.07, 6.45) is 4.54. The number of rotatable bonds is 2. The van der Waals surface area contributed by atoms with E-state index in [0.29, 0.717) is 18.4 Å². The fourth-order valence-corrected chi connectivity index (χ4v) is 0.966. The number of ether oxygens (including phenoxy) is 1. The number of allylic oxidation sites excluding steroid dienone is 3. The highest BCUT2D eigenvalue weighted by molar-refractivity contribution is 5.87. The number of hydrogen-bond acceptors (Lipinski definition) is 2. The molecular weight excluding hydrogens is 144 g/mol. The third-order valence-electron chi connectivity index (χ3n) is 1.65. The Morgan fingerprint density at radius 2 is 2.27 bits per heavy atom. The highest BCUT2D eigenvalue weighted by Crippen LogP contribution is 2.18. The average Bonchev–Trinajstić information content (AvgIpc) is 2.05. The van der Waals surface area contributed by atoms with Gasteiger partial charge in [0.1, 0.15) is 0 Å². The molecule has 0 bridgehead atoms. The van der Waals surface area contributed by atoms with Crippen LogP contribution in [0.25, 0.3) is 0 Å². The van der Waals surface area contributed by atoms with Crippen LogP contribution in [-0.2, 0) is 9.53 Å². The Morgan fingerprint density at radius 1 is 1.55 bits per heavy atom. The Hall–Kier alpha value is -1.25. The SMILES string of the molecule is COC1=CC=C(C(=O)O)CC1. The summed E-state index contributed by atoms with van der Waals surface area (Å²) >= 11 is 0. The van der Waals surface area contributed by atoms with Gasteiger partial charge in [0, 0.05) is 12.0 Å². The summed E-state index contributed by atoms with van der Waals surface area (Å²) in [4.78, 5) is 10.4. The molecule has 0 saturated carbocycles. The molecule has 3 heteroatoms. The fraction of sp³-hybridized carbons (Fsp3) is 0.375. The van der Waals surface area contributed by atoms with Crippen molar-refractivity contribution in [3.05, 3.63) is 23.5 Å². The summed E-state index contributed by atoms with van der Waals surface area (Å²) in [5.74, 6) is 0.00593. The Balaban J connectivity index is 2.69. The number of methoxy groups -OCH3 is 1. The van der Waals surface area contributed by atoms with E-state index in [0.717, 1.165) is 5.76 Å². The van der Waals surface area contributed by atoms with Gasteiger partial charge in [-0.15, -0.1) is 0 Å². The van der Waals surface area contributed by atoms with Crippen molar-refractivity contribution in [3.63, 3.8) is 0 Å². The maximum Gasteiger partial charge on any atom is 0.331 e. The van der Waals surface area contributed by atoms with E-state index in [1.165, 1.54) is 0 Å². The van der Waals surface area contributed by atoms with Crippen molar-refractivity contribution in [1.82, 2.24) is 0 Å². The van der Waals surface area contributed by atoms with Crippen LogP contribution in [0.3, 0.4) is 0 Å². The molecule has 0 aromatic rings. The molecule has 60 valence electrons. The van der Waals surface area contributed by atoms with Gasteiger partial charge in [0.25, 0.3) is 0 Å². The van der Waals surface area contributed by atoms with E-state index < -0.39 is 5.97 Å². The number of hydrogen-bond donors (Lipinski definition) is 1. The maximum atomic E-state index is 10.4.